The second kappa shape index (κ2) is 8.30. The van der Waals surface area contributed by atoms with Crippen molar-refractivity contribution in [3.05, 3.63) is 46.5 Å². The number of pyridine rings is 1. The lowest BCUT2D eigenvalue weighted by atomic mass is 10.3. The Morgan fingerprint density at radius 3 is 2.69 bits per heavy atom. The highest BCUT2D eigenvalue weighted by Gasteiger charge is 2.28. The van der Waals surface area contributed by atoms with Crippen molar-refractivity contribution in [1.82, 2.24) is 19.7 Å². The smallest absolute Gasteiger partial charge is 0.207 e. The highest BCUT2D eigenvalue weighted by Crippen LogP contribution is 2.36. The monoisotopic (exact) mass is 393 g/mol. The quantitative estimate of drug-likeness (QED) is 0.746. The number of hydrogen-bond donors (Lipinski definition) is 2. The van der Waals surface area contributed by atoms with Crippen LogP contribution in [-0.4, -0.2) is 72.0 Å². The minimum Gasteiger partial charge on any atom is -0.383 e. The summed E-state index contributed by atoms with van der Waals surface area (Å²) < 4.78 is 0. The largest absolute Gasteiger partial charge is 0.383 e. The van der Waals surface area contributed by atoms with Gasteiger partial charge in [-0.25, -0.2) is 4.98 Å². The van der Waals surface area contributed by atoms with Gasteiger partial charge < -0.3 is 21.3 Å². The van der Waals surface area contributed by atoms with Crippen LogP contribution < -0.4 is 11.5 Å². The number of thioether (sulfide) groups is 1. The molecule has 0 saturated carbocycles. The molecule has 1 aromatic rings. The molecule has 9 heteroatoms. The van der Waals surface area contributed by atoms with E-state index in [-0.39, 0.29) is 0 Å². The molecule has 0 bridgehead atoms. The lowest BCUT2D eigenvalue weighted by Crippen LogP contribution is -2.54. The molecule has 3 heterocycles. The Balaban J connectivity index is 1.77. The molecule has 0 aromatic carbocycles. The second-order valence-corrected chi connectivity index (χ2v) is 7.64. The van der Waals surface area contributed by atoms with Crippen LogP contribution in [0.3, 0.4) is 0 Å². The first-order valence-corrected chi connectivity index (χ1v) is 9.67. The summed E-state index contributed by atoms with van der Waals surface area (Å²) in [7, 11) is 1.97. The molecule has 0 amide bonds. The van der Waals surface area contributed by atoms with Gasteiger partial charge in [0.1, 0.15) is 11.0 Å². The number of aliphatic imine (C=N–C) groups is 1. The van der Waals surface area contributed by atoms with Gasteiger partial charge in [-0.05, 0) is 12.1 Å². The number of halogens is 1. The standard InChI is InChI=1S/C17H24ClN7S/c1-12-15(26-13-3-5-21-14(18)11-13)16(20)22-17(23(12)2)25-9-7-24(6-4-19)8-10-25/h3,5,11H,1,4,6-10,19-20H2,2H3. The van der Waals surface area contributed by atoms with Crippen molar-refractivity contribution in [2.24, 2.45) is 16.5 Å². The molecule has 140 valence electrons. The van der Waals surface area contributed by atoms with Crippen molar-refractivity contribution in [3.63, 3.8) is 0 Å². The van der Waals surface area contributed by atoms with E-state index in [2.05, 4.69) is 26.4 Å². The van der Waals surface area contributed by atoms with E-state index in [9.17, 15) is 0 Å². The number of hydrogen-bond acceptors (Lipinski definition) is 8. The molecular weight excluding hydrogens is 370 g/mol. The van der Waals surface area contributed by atoms with E-state index < -0.39 is 0 Å². The molecule has 0 aliphatic carbocycles. The number of aromatic nitrogens is 1. The molecular formula is C17H24ClN7S. The van der Waals surface area contributed by atoms with Gasteiger partial charge in [0.05, 0.1) is 10.6 Å². The fourth-order valence-corrected chi connectivity index (χ4v) is 4.15. The van der Waals surface area contributed by atoms with E-state index >= 15 is 0 Å². The average Bonchev–Trinajstić information content (AvgIpc) is 2.63. The van der Waals surface area contributed by atoms with E-state index in [1.165, 1.54) is 11.8 Å². The van der Waals surface area contributed by atoms with Crippen LogP contribution in [0.4, 0.5) is 0 Å². The van der Waals surface area contributed by atoms with Crippen LogP contribution in [0.2, 0.25) is 5.15 Å². The zero-order valence-corrected chi connectivity index (χ0v) is 16.4. The number of nitrogens with zero attached hydrogens (tertiary/aromatic N) is 5. The molecule has 2 aliphatic heterocycles. The average molecular weight is 394 g/mol. The van der Waals surface area contributed by atoms with Crippen LogP contribution in [0.1, 0.15) is 0 Å². The first-order chi connectivity index (χ1) is 12.5. The van der Waals surface area contributed by atoms with Gasteiger partial charge in [0.25, 0.3) is 0 Å². The molecule has 7 nitrogen and oxygen atoms in total. The Labute approximate surface area is 163 Å². The summed E-state index contributed by atoms with van der Waals surface area (Å²) in [5, 5.41) is 0.448. The second-order valence-electron chi connectivity index (χ2n) is 6.17. The lowest BCUT2D eigenvalue weighted by molar-refractivity contribution is 0.177. The van der Waals surface area contributed by atoms with E-state index in [0.29, 0.717) is 17.5 Å². The summed E-state index contributed by atoms with van der Waals surface area (Å²) in [6.45, 7) is 9.57. The van der Waals surface area contributed by atoms with Crippen molar-refractivity contribution < 1.29 is 0 Å². The molecule has 0 spiro atoms. The zero-order valence-electron chi connectivity index (χ0n) is 14.9. The van der Waals surface area contributed by atoms with Gasteiger partial charge in [0.15, 0.2) is 0 Å². The maximum Gasteiger partial charge on any atom is 0.207 e. The van der Waals surface area contributed by atoms with E-state index in [0.717, 1.165) is 54.2 Å². The van der Waals surface area contributed by atoms with Gasteiger partial charge in [-0.1, -0.05) is 29.9 Å². The highest BCUT2D eigenvalue weighted by molar-refractivity contribution is 8.03. The Kier molecular flexibility index (Phi) is 6.08. The van der Waals surface area contributed by atoms with Gasteiger partial charge in [-0.15, -0.1) is 0 Å². The third kappa shape index (κ3) is 4.15. The summed E-state index contributed by atoms with van der Waals surface area (Å²) >= 11 is 7.47. The van der Waals surface area contributed by atoms with Gasteiger partial charge in [0, 0.05) is 57.4 Å². The van der Waals surface area contributed by atoms with E-state index in [1.54, 1.807) is 12.3 Å². The number of piperazine rings is 1. The first-order valence-electron chi connectivity index (χ1n) is 8.48. The number of nitrogens with two attached hydrogens (primary N) is 2. The zero-order chi connectivity index (χ0) is 18.7. The van der Waals surface area contributed by atoms with Crippen LogP contribution in [0.25, 0.3) is 0 Å². The summed E-state index contributed by atoms with van der Waals surface area (Å²) in [4.78, 5) is 17.1. The Morgan fingerprint density at radius 1 is 1.31 bits per heavy atom. The van der Waals surface area contributed by atoms with Crippen LogP contribution in [0.15, 0.2) is 51.2 Å². The fourth-order valence-electron chi connectivity index (χ4n) is 2.97. The van der Waals surface area contributed by atoms with Crippen LogP contribution in [0, 0.1) is 0 Å². The van der Waals surface area contributed by atoms with Gasteiger partial charge in [0.2, 0.25) is 5.96 Å². The van der Waals surface area contributed by atoms with Crippen LogP contribution >= 0.6 is 23.4 Å². The molecule has 2 aliphatic rings. The molecule has 1 saturated heterocycles. The topological polar surface area (TPSA) is 87.0 Å². The maximum absolute atomic E-state index is 6.27. The Bertz CT molecular complexity index is 740. The molecule has 0 unspecified atom stereocenters. The summed E-state index contributed by atoms with van der Waals surface area (Å²) in [5.74, 6) is 1.32. The van der Waals surface area contributed by atoms with Crippen molar-refractivity contribution >= 4 is 29.3 Å². The molecule has 0 atom stereocenters. The van der Waals surface area contributed by atoms with Crippen LogP contribution in [0.5, 0.6) is 0 Å². The number of likely N-dealkylation sites (N-methyl/N-ethyl adjacent to an activating group) is 1. The fraction of sp³-hybridized carbons (Fsp3) is 0.412. The first kappa shape index (κ1) is 19.0. The number of guanidine groups is 1. The maximum atomic E-state index is 6.27. The summed E-state index contributed by atoms with van der Waals surface area (Å²) in [5.41, 5.74) is 12.7. The highest BCUT2D eigenvalue weighted by atomic mass is 35.5. The van der Waals surface area contributed by atoms with E-state index in [1.807, 2.05) is 18.0 Å². The predicted molar refractivity (Wildman–Crippen MR) is 108 cm³/mol. The molecule has 1 aromatic heterocycles. The Morgan fingerprint density at radius 2 is 2.04 bits per heavy atom. The lowest BCUT2D eigenvalue weighted by Gasteiger charge is -2.40. The minimum atomic E-state index is 0.448. The third-order valence-corrected chi connectivity index (χ3v) is 5.78. The van der Waals surface area contributed by atoms with Crippen molar-refractivity contribution in [3.8, 4) is 0 Å². The molecule has 1 fully saturated rings. The SMILES string of the molecule is C=C1C(Sc2ccnc(Cl)c2)=C(N)N=C(N2CCN(CCN)CC2)N1C. The van der Waals surface area contributed by atoms with Crippen molar-refractivity contribution in [2.45, 2.75) is 4.90 Å². The molecule has 0 radical (unpaired) electrons. The van der Waals surface area contributed by atoms with Crippen molar-refractivity contribution in [2.75, 3.05) is 46.3 Å². The summed E-state index contributed by atoms with van der Waals surface area (Å²) in [6.07, 6.45) is 1.67. The predicted octanol–water partition coefficient (Wildman–Crippen LogP) is 1.35. The van der Waals surface area contributed by atoms with Gasteiger partial charge >= 0.3 is 0 Å². The Hall–Kier alpha value is -1.74. The molecule has 4 N–H and O–H groups in total. The minimum absolute atomic E-state index is 0.448. The van der Waals surface area contributed by atoms with Crippen molar-refractivity contribution in [1.29, 1.82) is 0 Å². The normalized spacial score (nSPS) is 19.2. The molecule has 3 rings (SSSR count). The van der Waals surface area contributed by atoms with E-state index in [4.69, 9.17) is 23.1 Å². The number of rotatable bonds is 4. The third-order valence-electron chi connectivity index (χ3n) is 4.44. The van der Waals surface area contributed by atoms with Gasteiger partial charge in [-0.3, -0.25) is 4.90 Å². The van der Waals surface area contributed by atoms with Crippen LogP contribution in [-0.2, 0) is 0 Å². The molecule has 26 heavy (non-hydrogen) atoms. The summed E-state index contributed by atoms with van der Waals surface area (Å²) in [6, 6.07) is 3.69. The van der Waals surface area contributed by atoms with Gasteiger partial charge in [-0.2, -0.15) is 4.99 Å².